The molecule has 0 saturated carbocycles. The topological polar surface area (TPSA) is 32.3 Å². The van der Waals surface area contributed by atoms with E-state index in [0.717, 1.165) is 32.5 Å². The first-order valence-corrected chi connectivity index (χ1v) is 8.28. The van der Waals surface area contributed by atoms with Gasteiger partial charge in [0.1, 0.15) is 0 Å². The summed E-state index contributed by atoms with van der Waals surface area (Å²) >= 11 is 0. The number of rotatable bonds is 4. The molecule has 1 aliphatic heterocycles. The van der Waals surface area contributed by atoms with Crippen molar-refractivity contribution in [1.82, 2.24) is 10.2 Å². The molecular formula is C18H26N2O. The van der Waals surface area contributed by atoms with E-state index in [4.69, 9.17) is 0 Å². The molecule has 0 aromatic heterocycles. The van der Waals surface area contributed by atoms with Crippen molar-refractivity contribution in [2.24, 2.45) is 5.92 Å². The van der Waals surface area contributed by atoms with Gasteiger partial charge in [-0.2, -0.15) is 0 Å². The molecule has 2 aliphatic rings. The number of amides is 1. The Morgan fingerprint density at radius 3 is 3.05 bits per heavy atom. The average Bonchev–Trinajstić information content (AvgIpc) is 2.97. The van der Waals surface area contributed by atoms with Gasteiger partial charge in [0.15, 0.2) is 0 Å². The first-order chi connectivity index (χ1) is 10.3. The van der Waals surface area contributed by atoms with Gasteiger partial charge in [0.05, 0.1) is 0 Å². The van der Waals surface area contributed by atoms with Crippen LogP contribution in [0.4, 0.5) is 0 Å². The fraction of sp³-hybridized carbons (Fsp3) is 0.611. The fourth-order valence-corrected chi connectivity index (χ4v) is 3.92. The lowest BCUT2D eigenvalue weighted by atomic mass is 9.81. The fourth-order valence-electron chi connectivity index (χ4n) is 3.92. The number of benzene rings is 1. The van der Waals surface area contributed by atoms with E-state index in [0.29, 0.717) is 24.2 Å². The lowest BCUT2D eigenvalue weighted by Crippen LogP contribution is -2.31. The van der Waals surface area contributed by atoms with Gasteiger partial charge >= 0.3 is 0 Å². The van der Waals surface area contributed by atoms with Crippen LogP contribution >= 0.6 is 0 Å². The molecule has 114 valence electrons. The second-order valence-electron chi connectivity index (χ2n) is 6.54. The monoisotopic (exact) mass is 286 g/mol. The lowest BCUT2D eigenvalue weighted by Gasteiger charge is -2.27. The third-order valence-corrected chi connectivity index (χ3v) is 5.05. The van der Waals surface area contributed by atoms with Gasteiger partial charge in [-0.1, -0.05) is 24.3 Å². The average molecular weight is 286 g/mol. The summed E-state index contributed by atoms with van der Waals surface area (Å²) < 4.78 is 0. The first kappa shape index (κ1) is 14.6. The van der Waals surface area contributed by atoms with Crippen molar-refractivity contribution < 1.29 is 4.79 Å². The molecule has 3 rings (SSSR count). The minimum atomic E-state index is 0.357. The van der Waals surface area contributed by atoms with Crippen LogP contribution in [0.15, 0.2) is 24.3 Å². The molecule has 3 heteroatoms. The van der Waals surface area contributed by atoms with Crippen LogP contribution in [0.3, 0.4) is 0 Å². The van der Waals surface area contributed by atoms with Crippen molar-refractivity contribution in [2.45, 2.75) is 38.0 Å². The quantitative estimate of drug-likeness (QED) is 0.922. The smallest absolute Gasteiger partial charge is 0.223 e. The second-order valence-corrected chi connectivity index (χ2v) is 6.54. The Balaban J connectivity index is 1.61. The van der Waals surface area contributed by atoms with Crippen LogP contribution in [-0.4, -0.2) is 37.5 Å². The van der Waals surface area contributed by atoms with E-state index in [2.05, 4.69) is 34.5 Å². The summed E-state index contributed by atoms with van der Waals surface area (Å²) in [6.07, 6.45) is 5.40. The van der Waals surface area contributed by atoms with Gasteiger partial charge in [-0.25, -0.2) is 0 Å². The maximum absolute atomic E-state index is 12.6. The molecule has 1 N–H and O–H groups in total. The van der Waals surface area contributed by atoms with Crippen LogP contribution in [0.25, 0.3) is 0 Å². The number of nitrogens with one attached hydrogen (secondary N) is 1. The van der Waals surface area contributed by atoms with Gasteiger partial charge in [0, 0.05) is 19.5 Å². The van der Waals surface area contributed by atoms with Crippen LogP contribution in [0.1, 0.15) is 42.7 Å². The molecule has 1 aliphatic carbocycles. The van der Waals surface area contributed by atoms with Crippen molar-refractivity contribution in [2.75, 3.05) is 26.7 Å². The summed E-state index contributed by atoms with van der Waals surface area (Å²) in [5.74, 6) is 1.43. The highest BCUT2D eigenvalue weighted by atomic mass is 16.2. The molecule has 1 aromatic rings. The van der Waals surface area contributed by atoms with E-state index in [1.165, 1.54) is 24.0 Å². The first-order valence-electron chi connectivity index (χ1n) is 8.28. The third-order valence-electron chi connectivity index (χ3n) is 5.05. The SMILES string of the molecule is CNCC1CCN(C(=O)CC2CCCc3ccccc32)C1. The zero-order valence-corrected chi connectivity index (χ0v) is 13.0. The highest BCUT2D eigenvalue weighted by Gasteiger charge is 2.29. The van der Waals surface area contributed by atoms with Crippen LogP contribution in [0, 0.1) is 5.92 Å². The summed E-state index contributed by atoms with van der Waals surface area (Å²) in [6, 6.07) is 8.68. The number of hydrogen-bond donors (Lipinski definition) is 1. The van der Waals surface area contributed by atoms with Crippen LogP contribution in [0.5, 0.6) is 0 Å². The molecule has 0 bridgehead atoms. The van der Waals surface area contributed by atoms with E-state index in [1.54, 1.807) is 0 Å². The predicted molar refractivity (Wildman–Crippen MR) is 85.4 cm³/mol. The zero-order chi connectivity index (χ0) is 14.7. The number of fused-ring (bicyclic) bond motifs is 1. The largest absolute Gasteiger partial charge is 0.342 e. The Kier molecular flexibility index (Phi) is 4.59. The number of carbonyl (C=O) groups is 1. The molecule has 1 heterocycles. The lowest BCUT2D eigenvalue weighted by molar-refractivity contribution is -0.130. The molecule has 2 atom stereocenters. The number of nitrogens with zero attached hydrogens (tertiary/aromatic N) is 1. The number of likely N-dealkylation sites (tertiary alicyclic amines) is 1. The van der Waals surface area contributed by atoms with E-state index < -0.39 is 0 Å². The molecule has 1 aromatic carbocycles. The predicted octanol–water partition coefficient (Wildman–Crippen LogP) is 2.56. The molecule has 1 saturated heterocycles. The molecule has 3 nitrogen and oxygen atoms in total. The van der Waals surface area contributed by atoms with Gasteiger partial charge < -0.3 is 10.2 Å². The molecule has 0 radical (unpaired) electrons. The number of aryl methyl sites for hydroxylation is 1. The van der Waals surface area contributed by atoms with Crippen LogP contribution in [-0.2, 0) is 11.2 Å². The number of hydrogen-bond acceptors (Lipinski definition) is 2. The van der Waals surface area contributed by atoms with Gasteiger partial charge in [0.25, 0.3) is 0 Å². The summed E-state index contributed by atoms with van der Waals surface area (Å²) in [6.45, 7) is 2.91. The summed E-state index contributed by atoms with van der Waals surface area (Å²) in [5, 5.41) is 3.23. The standard InChI is InChI=1S/C18H26N2O/c1-19-12-14-9-10-20(13-14)18(21)11-16-7-4-6-15-5-2-3-8-17(15)16/h2-3,5,8,14,16,19H,4,6-7,9-13H2,1H3. The Bertz CT molecular complexity index is 500. The normalized spacial score (nSPS) is 24.9. The second kappa shape index (κ2) is 6.61. The molecule has 2 unspecified atom stereocenters. The van der Waals surface area contributed by atoms with E-state index >= 15 is 0 Å². The third kappa shape index (κ3) is 3.29. The van der Waals surface area contributed by atoms with Gasteiger partial charge in [-0.05, 0) is 62.2 Å². The van der Waals surface area contributed by atoms with E-state index in [1.807, 2.05) is 7.05 Å². The summed E-state index contributed by atoms with van der Waals surface area (Å²) in [4.78, 5) is 14.7. The summed E-state index contributed by atoms with van der Waals surface area (Å²) in [5.41, 5.74) is 2.87. The molecule has 1 amide bonds. The highest BCUT2D eigenvalue weighted by Crippen LogP contribution is 2.34. The number of carbonyl (C=O) groups excluding carboxylic acids is 1. The molecular weight excluding hydrogens is 260 g/mol. The Morgan fingerprint density at radius 1 is 1.33 bits per heavy atom. The zero-order valence-electron chi connectivity index (χ0n) is 13.0. The van der Waals surface area contributed by atoms with Gasteiger partial charge in [-0.15, -0.1) is 0 Å². The van der Waals surface area contributed by atoms with Gasteiger partial charge in [-0.3, -0.25) is 4.79 Å². The van der Waals surface area contributed by atoms with Crippen molar-refractivity contribution in [3.8, 4) is 0 Å². The van der Waals surface area contributed by atoms with E-state index in [-0.39, 0.29) is 0 Å². The minimum Gasteiger partial charge on any atom is -0.342 e. The van der Waals surface area contributed by atoms with Crippen molar-refractivity contribution in [1.29, 1.82) is 0 Å². The van der Waals surface area contributed by atoms with Crippen molar-refractivity contribution in [3.05, 3.63) is 35.4 Å². The van der Waals surface area contributed by atoms with E-state index in [9.17, 15) is 4.79 Å². The van der Waals surface area contributed by atoms with Crippen LogP contribution in [0.2, 0.25) is 0 Å². The van der Waals surface area contributed by atoms with Crippen molar-refractivity contribution in [3.63, 3.8) is 0 Å². The Labute approximate surface area is 127 Å². The summed E-state index contributed by atoms with van der Waals surface area (Å²) in [7, 11) is 1.99. The Morgan fingerprint density at radius 2 is 2.19 bits per heavy atom. The van der Waals surface area contributed by atoms with Crippen LogP contribution < -0.4 is 5.32 Å². The molecule has 21 heavy (non-hydrogen) atoms. The molecule has 0 spiro atoms. The van der Waals surface area contributed by atoms with Gasteiger partial charge in [0.2, 0.25) is 5.91 Å². The maximum atomic E-state index is 12.6. The molecule has 1 fully saturated rings. The maximum Gasteiger partial charge on any atom is 0.223 e. The minimum absolute atomic E-state index is 0.357. The Hall–Kier alpha value is -1.35. The van der Waals surface area contributed by atoms with Crippen molar-refractivity contribution >= 4 is 5.91 Å². The highest BCUT2D eigenvalue weighted by molar-refractivity contribution is 5.77.